The zero-order chi connectivity index (χ0) is 17.6. The van der Waals surface area contributed by atoms with Gasteiger partial charge in [-0.25, -0.2) is 9.59 Å². The van der Waals surface area contributed by atoms with Crippen LogP contribution in [0.3, 0.4) is 0 Å². The van der Waals surface area contributed by atoms with Crippen molar-refractivity contribution in [2.75, 3.05) is 13.2 Å². The summed E-state index contributed by atoms with van der Waals surface area (Å²) in [7, 11) is 0. The zero-order valence-corrected chi connectivity index (χ0v) is 13.8. The summed E-state index contributed by atoms with van der Waals surface area (Å²) in [6.45, 7) is 6.87. The molecular weight excluding hydrogens is 304 g/mol. The van der Waals surface area contributed by atoms with Crippen LogP contribution in [0.4, 0.5) is 4.79 Å². The van der Waals surface area contributed by atoms with E-state index in [1.165, 1.54) is 12.3 Å². The predicted molar refractivity (Wildman–Crippen MR) is 82.0 cm³/mol. The number of nitrogens with one attached hydrogen (secondary N) is 2. The SMILES string of the molecule is CCOC(=O)c1cc(C(O)C(O)CNC(=O)OC(C)(C)C)c[nH]1. The molecule has 8 nitrogen and oxygen atoms in total. The average Bonchev–Trinajstić information content (AvgIpc) is 2.92. The Bertz CT molecular complexity index is 534. The lowest BCUT2D eigenvalue weighted by molar-refractivity contribution is 0.0130. The molecule has 0 fully saturated rings. The Morgan fingerprint density at radius 3 is 2.57 bits per heavy atom. The van der Waals surface area contributed by atoms with Crippen molar-refractivity contribution in [3.63, 3.8) is 0 Å². The van der Waals surface area contributed by atoms with E-state index >= 15 is 0 Å². The van der Waals surface area contributed by atoms with Gasteiger partial charge >= 0.3 is 12.1 Å². The molecule has 23 heavy (non-hydrogen) atoms. The van der Waals surface area contributed by atoms with E-state index in [0.717, 1.165) is 0 Å². The molecule has 2 atom stereocenters. The van der Waals surface area contributed by atoms with Crippen LogP contribution in [0.2, 0.25) is 0 Å². The third kappa shape index (κ3) is 6.29. The molecule has 130 valence electrons. The maximum Gasteiger partial charge on any atom is 0.407 e. The number of alkyl carbamates (subject to hydrolysis) is 1. The number of amides is 1. The Hall–Kier alpha value is -2.06. The number of carbonyl (C=O) groups is 2. The summed E-state index contributed by atoms with van der Waals surface area (Å²) in [5.74, 6) is -0.549. The molecule has 0 aliphatic carbocycles. The summed E-state index contributed by atoms with van der Waals surface area (Å²) < 4.78 is 9.84. The van der Waals surface area contributed by atoms with Crippen LogP contribution in [0.1, 0.15) is 49.9 Å². The van der Waals surface area contributed by atoms with Crippen molar-refractivity contribution in [3.05, 3.63) is 23.5 Å². The monoisotopic (exact) mass is 328 g/mol. The maximum atomic E-state index is 11.5. The Morgan fingerprint density at radius 2 is 2.00 bits per heavy atom. The van der Waals surface area contributed by atoms with Crippen molar-refractivity contribution in [1.29, 1.82) is 0 Å². The summed E-state index contributed by atoms with van der Waals surface area (Å²) >= 11 is 0. The number of ether oxygens (including phenoxy) is 2. The highest BCUT2D eigenvalue weighted by atomic mass is 16.6. The second kappa shape index (κ2) is 7.98. The summed E-state index contributed by atoms with van der Waals surface area (Å²) in [5, 5.41) is 22.3. The Labute approximate surface area is 134 Å². The number of esters is 1. The minimum Gasteiger partial charge on any atom is -0.461 e. The minimum atomic E-state index is -1.27. The molecule has 1 heterocycles. The topological polar surface area (TPSA) is 121 Å². The highest BCUT2D eigenvalue weighted by Crippen LogP contribution is 2.18. The molecule has 1 rings (SSSR count). The lowest BCUT2D eigenvalue weighted by atomic mass is 10.1. The Morgan fingerprint density at radius 1 is 1.35 bits per heavy atom. The number of hydrogen-bond donors (Lipinski definition) is 4. The number of aliphatic hydroxyl groups excluding tert-OH is 2. The smallest absolute Gasteiger partial charge is 0.407 e. The standard InChI is InChI=1S/C15H24N2O6/c1-5-22-13(20)10-6-9(7-16-10)12(19)11(18)8-17-14(21)23-15(2,3)4/h6-7,11-12,16,18-19H,5,8H2,1-4H3,(H,17,21). The van der Waals surface area contributed by atoms with Crippen LogP contribution in [0, 0.1) is 0 Å². The molecule has 0 bridgehead atoms. The largest absolute Gasteiger partial charge is 0.461 e. The molecule has 0 spiro atoms. The fraction of sp³-hybridized carbons (Fsp3) is 0.600. The Kier molecular flexibility index (Phi) is 6.59. The van der Waals surface area contributed by atoms with Gasteiger partial charge in [0.15, 0.2) is 0 Å². The first-order chi connectivity index (χ1) is 10.6. The van der Waals surface area contributed by atoms with E-state index in [9.17, 15) is 19.8 Å². The van der Waals surface area contributed by atoms with E-state index in [1.54, 1.807) is 27.7 Å². The fourth-order valence-corrected chi connectivity index (χ4v) is 1.74. The number of aromatic nitrogens is 1. The number of aliphatic hydroxyl groups is 2. The number of H-pyrrole nitrogens is 1. The van der Waals surface area contributed by atoms with Crippen molar-refractivity contribution >= 4 is 12.1 Å². The number of carbonyl (C=O) groups excluding carboxylic acids is 2. The molecule has 1 aromatic rings. The normalized spacial score (nSPS) is 14.0. The second-order valence-corrected chi connectivity index (χ2v) is 5.96. The summed E-state index contributed by atoms with van der Waals surface area (Å²) in [4.78, 5) is 25.7. The van der Waals surface area contributed by atoms with Gasteiger partial charge in [0.2, 0.25) is 0 Å². The van der Waals surface area contributed by atoms with Gasteiger partial charge in [0.1, 0.15) is 23.5 Å². The van der Waals surface area contributed by atoms with E-state index in [4.69, 9.17) is 9.47 Å². The van der Waals surface area contributed by atoms with Crippen LogP contribution < -0.4 is 5.32 Å². The quantitative estimate of drug-likeness (QED) is 0.581. The molecule has 0 aliphatic rings. The molecule has 2 unspecified atom stereocenters. The van der Waals surface area contributed by atoms with Crippen LogP contribution in [0.5, 0.6) is 0 Å². The van der Waals surface area contributed by atoms with Crippen molar-refractivity contribution < 1.29 is 29.3 Å². The second-order valence-electron chi connectivity index (χ2n) is 5.96. The molecule has 0 aromatic carbocycles. The summed E-state index contributed by atoms with van der Waals surface area (Å²) in [5.41, 5.74) is -0.164. The summed E-state index contributed by atoms with van der Waals surface area (Å²) in [6, 6.07) is 1.39. The molecule has 0 radical (unpaired) electrons. The molecule has 4 N–H and O–H groups in total. The van der Waals surface area contributed by atoms with Gasteiger partial charge in [-0.1, -0.05) is 0 Å². The molecule has 8 heteroatoms. The lowest BCUT2D eigenvalue weighted by Crippen LogP contribution is -2.38. The van der Waals surface area contributed by atoms with Gasteiger partial charge in [-0.3, -0.25) is 0 Å². The van der Waals surface area contributed by atoms with Gasteiger partial charge < -0.3 is 30.0 Å². The van der Waals surface area contributed by atoms with E-state index in [1.807, 2.05) is 0 Å². The van der Waals surface area contributed by atoms with Crippen LogP contribution in [0.15, 0.2) is 12.3 Å². The average molecular weight is 328 g/mol. The van der Waals surface area contributed by atoms with Gasteiger partial charge in [-0.15, -0.1) is 0 Å². The van der Waals surface area contributed by atoms with E-state index < -0.39 is 29.9 Å². The van der Waals surface area contributed by atoms with E-state index in [2.05, 4.69) is 10.3 Å². The zero-order valence-electron chi connectivity index (χ0n) is 13.8. The molecule has 0 aliphatic heterocycles. The first-order valence-electron chi connectivity index (χ1n) is 7.32. The van der Waals surface area contributed by atoms with Crippen molar-refractivity contribution in [2.24, 2.45) is 0 Å². The molecular formula is C15H24N2O6. The lowest BCUT2D eigenvalue weighted by Gasteiger charge is -2.21. The third-order valence-electron chi connectivity index (χ3n) is 2.76. The molecule has 1 amide bonds. The third-order valence-corrected chi connectivity index (χ3v) is 2.76. The van der Waals surface area contributed by atoms with Crippen LogP contribution in [0.25, 0.3) is 0 Å². The number of hydrogen-bond acceptors (Lipinski definition) is 6. The first kappa shape index (κ1) is 19.0. The predicted octanol–water partition coefficient (Wildman–Crippen LogP) is 1.11. The highest BCUT2D eigenvalue weighted by Gasteiger charge is 2.23. The van der Waals surface area contributed by atoms with Crippen LogP contribution in [-0.4, -0.2) is 52.1 Å². The van der Waals surface area contributed by atoms with Gasteiger partial charge in [0, 0.05) is 18.3 Å². The minimum absolute atomic E-state index is 0.174. The maximum absolute atomic E-state index is 11.5. The summed E-state index contributed by atoms with van der Waals surface area (Å²) in [6.07, 6.45) is -1.82. The van der Waals surface area contributed by atoms with Crippen molar-refractivity contribution in [2.45, 2.75) is 45.5 Å². The van der Waals surface area contributed by atoms with Gasteiger partial charge in [-0.2, -0.15) is 0 Å². The van der Waals surface area contributed by atoms with Gasteiger partial charge in [0.25, 0.3) is 0 Å². The number of rotatable bonds is 6. The van der Waals surface area contributed by atoms with E-state index in [-0.39, 0.29) is 18.8 Å². The van der Waals surface area contributed by atoms with Crippen LogP contribution in [-0.2, 0) is 9.47 Å². The molecule has 0 saturated carbocycles. The number of aromatic amines is 1. The highest BCUT2D eigenvalue weighted by molar-refractivity contribution is 5.87. The van der Waals surface area contributed by atoms with Crippen LogP contribution >= 0.6 is 0 Å². The van der Waals surface area contributed by atoms with Crippen molar-refractivity contribution in [3.8, 4) is 0 Å². The molecule has 1 aromatic heterocycles. The fourth-order valence-electron chi connectivity index (χ4n) is 1.74. The van der Waals surface area contributed by atoms with Gasteiger partial charge in [-0.05, 0) is 33.8 Å². The molecule has 0 saturated heterocycles. The first-order valence-corrected chi connectivity index (χ1v) is 7.32. The van der Waals surface area contributed by atoms with Crippen molar-refractivity contribution in [1.82, 2.24) is 10.3 Å². The van der Waals surface area contributed by atoms with Gasteiger partial charge in [0.05, 0.1) is 6.61 Å². The Balaban J connectivity index is 2.55. The van der Waals surface area contributed by atoms with E-state index in [0.29, 0.717) is 5.56 Å².